The van der Waals surface area contributed by atoms with Crippen LogP contribution in [0.1, 0.15) is 227 Å². The van der Waals surface area contributed by atoms with Crippen molar-refractivity contribution in [2.75, 3.05) is 37.9 Å². The fourth-order valence-electron chi connectivity index (χ4n) is 15.9. The maximum Gasteiger partial charge on any atom is 0.411 e. The van der Waals surface area contributed by atoms with E-state index in [-0.39, 0.29) is 54.9 Å². The number of carbonyl (C=O) groups excluding carboxylic acids is 3. The predicted molar refractivity (Wildman–Crippen MR) is 418 cm³/mol. The number of anilines is 3. The number of nitriles is 1. The van der Waals surface area contributed by atoms with Crippen LogP contribution in [-0.4, -0.2) is 243 Å². The Morgan fingerprint density at radius 1 is 0.613 bits per heavy atom. The van der Waals surface area contributed by atoms with E-state index in [1.165, 1.54) is 34.8 Å². The van der Waals surface area contributed by atoms with Crippen molar-refractivity contribution in [3.63, 3.8) is 0 Å². The molecule has 0 aliphatic carbocycles. The van der Waals surface area contributed by atoms with Crippen molar-refractivity contribution in [1.82, 2.24) is 74.3 Å². The van der Waals surface area contributed by atoms with E-state index in [4.69, 9.17) is 59.8 Å². The van der Waals surface area contributed by atoms with Gasteiger partial charge in [0.25, 0.3) is 0 Å². The molecule has 0 aromatic carbocycles. The van der Waals surface area contributed by atoms with E-state index in [1.807, 2.05) is 159 Å². The second-order valence-electron chi connectivity index (χ2n) is 37.1. The highest BCUT2D eigenvalue weighted by Gasteiger charge is 2.71. The zero-order valence-electron chi connectivity index (χ0n) is 71.0. The smallest absolute Gasteiger partial charge is 0.411 e. The lowest BCUT2D eigenvalue weighted by molar-refractivity contribution is -0.183. The highest BCUT2D eigenvalue weighted by molar-refractivity contribution is 6.78. The average Bonchev–Trinajstić information content (AvgIpc) is 1.55. The maximum absolute atomic E-state index is 13.4. The number of nitrogens with zero attached hydrogens (tertiary/aromatic N) is 14. The van der Waals surface area contributed by atoms with Gasteiger partial charge in [-0.05, 0) is 156 Å². The van der Waals surface area contributed by atoms with Crippen LogP contribution in [0.4, 0.5) is 32.1 Å². The second kappa shape index (κ2) is 31.3. The average molecular weight is 1580 g/mol. The number of nitrogens with two attached hydrogens (primary N) is 3. The third kappa shape index (κ3) is 18.0. The number of likely N-dealkylation sites (tertiary alicyclic amines) is 3. The van der Waals surface area contributed by atoms with Gasteiger partial charge >= 0.3 is 18.3 Å². The van der Waals surface area contributed by atoms with Crippen LogP contribution in [0, 0.1) is 11.3 Å². The highest BCUT2D eigenvalue weighted by atomic mass is 28.3. The minimum absolute atomic E-state index is 0.179. The highest BCUT2D eigenvalue weighted by Crippen LogP contribution is 2.58. The number of aromatic amines is 1. The lowest BCUT2D eigenvalue weighted by Gasteiger charge is -2.37. The number of carbonyl (C=O) groups is 3. The van der Waals surface area contributed by atoms with Crippen molar-refractivity contribution in [2.24, 2.45) is 0 Å². The number of amides is 3. The van der Waals surface area contributed by atoms with Crippen LogP contribution in [0.15, 0.2) is 43.0 Å². The molecular weight excluding hydrogens is 1450 g/mol. The van der Waals surface area contributed by atoms with Crippen LogP contribution < -0.4 is 22.5 Å². The number of aromatic nitrogens is 10. The van der Waals surface area contributed by atoms with Gasteiger partial charge in [-0.2, -0.15) is 29.6 Å². The maximum atomic E-state index is 13.4. The van der Waals surface area contributed by atoms with Crippen LogP contribution in [0.2, 0.25) is 24.7 Å². The Labute approximate surface area is 654 Å². The van der Waals surface area contributed by atoms with E-state index < -0.39 is 119 Å². The molecule has 7 aliphatic heterocycles. The van der Waals surface area contributed by atoms with Crippen molar-refractivity contribution >= 4 is 55.4 Å². The Morgan fingerprint density at radius 3 is 1.33 bits per heavy atom. The molecule has 5 aromatic heterocycles. The fourth-order valence-corrected chi connectivity index (χ4v) is 15.9. The zero-order chi connectivity index (χ0) is 83.8. The number of nitrogen functional groups attached to an aromatic ring is 3. The van der Waals surface area contributed by atoms with Crippen molar-refractivity contribution < 1.29 is 72.3 Å². The first-order valence-corrected chi connectivity index (χ1v) is 41.6. The van der Waals surface area contributed by atoms with Gasteiger partial charge in [0.2, 0.25) is 11.9 Å². The number of hydrogen-bond acceptors (Lipinski definition) is 28. The van der Waals surface area contributed by atoms with Gasteiger partial charge in [-0.1, -0.05) is 61.2 Å². The van der Waals surface area contributed by atoms with Gasteiger partial charge < -0.3 is 80.1 Å². The van der Waals surface area contributed by atoms with Gasteiger partial charge in [-0.25, -0.2) is 34.3 Å². The molecule has 0 radical (unpaired) electrons. The Hall–Kier alpha value is -7.63. The molecule has 7 aliphatic rings. The van der Waals surface area contributed by atoms with Gasteiger partial charge in [0.15, 0.2) is 28.7 Å². The van der Waals surface area contributed by atoms with E-state index in [1.54, 1.807) is 38.2 Å². The number of nitrogens with one attached hydrogen (secondary N) is 2. The number of ether oxygens (including phenoxy) is 9. The minimum atomic E-state index is -1.46. The quantitative estimate of drug-likeness (QED) is 0.0386. The van der Waals surface area contributed by atoms with Crippen LogP contribution >= 0.6 is 0 Å². The molecule has 620 valence electrons. The topological polar surface area (TPSA) is 437 Å². The molecule has 12 rings (SSSR count). The summed E-state index contributed by atoms with van der Waals surface area (Å²) >= 11 is 0. The molecule has 34 nitrogen and oxygen atoms in total. The van der Waals surface area contributed by atoms with Gasteiger partial charge in [-0.3, -0.25) is 25.1 Å². The summed E-state index contributed by atoms with van der Waals surface area (Å²) in [6.45, 7) is 55.2. The summed E-state index contributed by atoms with van der Waals surface area (Å²) in [6.07, 6.45) is 7.89. The molecule has 0 spiro atoms. The van der Waals surface area contributed by atoms with Crippen LogP contribution in [-0.2, 0) is 42.6 Å². The summed E-state index contributed by atoms with van der Waals surface area (Å²) in [5.74, 6) is -1.52. The van der Waals surface area contributed by atoms with Crippen LogP contribution in [0.3, 0.4) is 0 Å². The van der Waals surface area contributed by atoms with E-state index in [0.717, 1.165) is 0 Å². The normalized spacial score (nSPS) is 31.2. The first-order valence-electron chi connectivity index (χ1n) is 38.1. The Bertz CT molecular complexity index is 4190. The molecule has 7 saturated heterocycles. The lowest BCUT2D eigenvalue weighted by atomic mass is 9.88. The molecule has 0 unspecified atom stereocenters. The largest absolute Gasteiger partial charge is 0.444 e. The third-order valence-corrected chi connectivity index (χ3v) is 26.0. The Kier molecular flexibility index (Phi) is 25.1. The van der Waals surface area contributed by atoms with Gasteiger partial charge in [0, 0.05) is 45.1 Å². The summed E-state index contributed by atoms with van der Waals surface area (Å²) in [7, 11) is 2.83. The van der Waals surface area contributed by atoms with E-state index in [2.05, 4.69) is 92.1 Å². The minimum Gasteiger partial charge on any atom is -0.444 e. The standard InChI is InChI=1S/C20H30N6O4.C20H33N3O4.C18H30N4O4.C11H16N6O3.C7H18Si/c1-8-12-14-20(7,30-19(5,6)28-14)13(25(12)17(27)29-18(2,3)4)11-9-24-26-15(11)22-10-23-16(26)21;1-10-14-16-20(7,27-19(5,6)25-16)15(13(11-21)12-22(8)9)23(14)17(24)26-18(2,3)4;1-8-11-13-18(7,26-17(5,6)24-13)12(10-9-20-21-14(10)19)22(11)15(23)25-16(2,3)4;1-11(20)7(16-6(3-18)8(11)19)5-2-15-17-9(5)13-4-14-10(17)12;1-7(2,3)8(4,5)6/h9-10,12-14H,8H2,1-7H3,(H2,21,22,23);12,14-16H,10H2,1-9H3;9,11-13H,8H2,1-7H3,(H3,19,20,21);2,4,6-8,16,18-20H,3H2,1H3,(H2,12,13,14);1-6H3/t12-,13+,14-,20+;14-,15+,16-,20+;11-,12+,13-,18+;6-,7+,8-,11+;/m1111./s1. The zero-order valence-corrected chi connectivity index (χ0v) is 72.0. The summed E-state index contributed by atoms with van der Waals surface area (Å²) in [4.78, 5) is 62.8. The summed E-state index contributed by atoms with van der Waals surface area (Å²) < 4.78 is 57.7. The lowest BCUT2D eigenvalue weighted by Crippen LogP contribution is -2.51. The van der Waals surface area contributed by atoms with Gasteiger partial charge in [0.05, 0.1) is 79.1 Å². The number of fused-ring (bicyclic) bond motifs is 5. The number of aliphatic hydroxyl groups excluding tert-OH is 2. The first kappa shape index (κ1) is 88.9. The molecule has 16 atom stereocenters. The van der Waals surface area contributed by atoms with Crippen molar-refractivity contribution in [3.8, 4) is 6.07 Å². The predicted octanol–water partition coefficient (Wildman–Crippen LogP) is 9.87. The van der Waals surface area contributed by atoms with E-state index >= 15 is 0 Å². The van der Waals surface area contributed by atoms with E-state index in [0.29, 0.717) is 63.7 Å². The molecule has 0 saturated carbocycles. The SMILES string of the molecule is CC(C)(C)[Si](C)(C)C.CC[C@@H]1[C@H]2OC(C)(C)O[C@@]2(C)[C@H](C(C#N)=CN(C)C)N1C(=O)OC(C)(C)C.CC[C@@H]1[C@H]2OC(C)(C)O[C@@]2(C)[C@H](c2cn[nH]c2N)N1C(=O)OC(C)(C)C.CC[C@@H]1[C@H]2OC(C)(C)O[C@@]2(C)[C@H](c2cnn3c(N)ncnc23)N1C(=O)OC(C)(C)C.C[C@@]1(O)[C@H](O)[C@@H](CO)N[C@H]1c1cnn2c(N)ncnc12. The third-order valence-electron chi connectivity index (χ3n) is 21.5. The summed E-state index contributed by atoms with van der Waals surface area (Å²) in [6, 6.07) is -1.27. The summed E-state index contributed by atoms with van der Waals surface area (Å²) in [5.41, 5.74) is 15.4. The second-order valence-corrected chi connectivity index (χ2v) is 43.1. The number of H-pyrrole nitrogens is 1. The molecule has 11 N–H and O–H groups in total. The monoisotopic (exact) mass is 1570 g/mol. The van der Waals surface area contributed by atoms with Gasteiger partial charge in [-0.15, -0.1) is 0 Å². The number of aliphatic hydroxyl groups is 3. The molecule has 7 fully saturated rings. The van der Waals surface area contributed by atoms with Gasteiger partial charge in [0.1, 0.15) is 88.1 Å². The molecule has 3 amide bonds. The van der Waals surface area contributed by atoms with Crippen LogP contribution in [0.5, 0.6) is 0 Å². The number of hydrogen-bond donors (Lipinski definition) is 8. The van der Waals surface area contributed by atoms with Crippen LogP contribution in [0.25, 0.3) is 11.3 Å². The number of rotatable bonds is 9. The fraction of sp³-hybridized carbons (Fsp3) is 0.750. The van der Waals surface area contributed by atoms with E-state index in [9.17, 15) is 35.0 Å². The molecule has 5 aromatic rings. The van der Waals surface area contributed by atoms with Crippen molar-refractivity contribution in [3.05, 3.63) is 59.7 Å². The molecule has 111 heavy (non-hydrogen) atoms. The van der Waals surface area contributed by atoms with Crippen molar-refractivity contribution in [2.45, 2.75) is 346 Å². The first-order chi connectivity index (χ1) is 50.7. The Balaban J connectivity index is 0.000000181. The summed E-state index contributed by atoms with van der Waals surface area (Å²) in [5, 5.41) is 58.5. The molecular formula is C76H127N19O15Si. The molecule has 12 heterocycles. The molecule has 35 heteroatoms. The Morgan fingerprint density at radius 2 is 0.982 bits per heavy atom. The molecule has 0 bridgehead atoms. The van der Waals surface area contributed by atoms with Crippen molar-refractivity contribution in [1.29, 1.82) is 5.26 Å².